The molecule has 1 amide bonds. The van der Waals surface area contributed by atoms with Crippen LogP contribution in [0.1, 0.15) is 82.4 Å². The van der Waals surface area contributed by atoms with Crippen LogP contribution in [0.5, 0.6) is 0 Å². The van der Waals surface area contributed by atoms with Gasteiger partial charge in [-0.3, -0.25) is 4.79 Å². The van der Waals surface area contributed by atoms with Gasteiger partial charge < -0.3 is 9.88 Å². The number of fused-ring (bicyclic) bond motifs is 1. The molecule has 0 aliphatic heterocycles. The number of nitrogens with zero attached hydrogens (tertiary/aromatic N) is 1. The molecule has 0 bridgehead atoms. The molecule has 0 saturated heterocycles. The number of hydrogen-bond acceptors (Lipinski definition) is 1. The van der Waals surface area contributed by atoms with Crippen LogP contribution >= 0.6 is 0 Å². The summed E-state index contributed by atoms with van der Waals surface area (Å²) in [5.41, 5.74) is 4.04. The topological polar surface area (TPSA) is 34.0 Å². The van der Waals surface area contributed by atoms with E-state index in [1.54, 1.807) is 0 Å². The van der Waals surface area contributed by atoms with Gasteiger partial charge in [0.25, 0.3) is 5.91 Å². The van der Waals surface area contributed by atoms with Crippen LogP contribution in [0.3, 0.4) is 0 Å². The number of nitrogens with one attached hydrogen (secondary N) is 1. The highest BCUT2D eigenvalue weighted by atomic mass is 16.2. The Morgan fingerprint density at radius 2 is 1.85 bits per heavy atom. The smallest absolute Gasteiger partial charge is 0.268 e. The Labute approximate surface area is 164 Å². The summed E-state index contributed by atoms with van der Waals surface area (Å²) in [6, 6.07) is 6.53. The summed E-state index contributed by atoms with van der Waals surface area (Å²) in [7, 11) is 0. The van der Waals surface area contributed by atoms with Gasteiger partial charge in [0.1, 0.15) is 5.69 Å². The van der Waals surface area contributed by atoms with Crippen LogP contribution in [0, 0.1) is 12.3 Å². The molecule has 1 N–H and O–H groups in total. The lowest BCUT2D eigenvalue weighted by atomic mass is 9.81. The molecule has 1 aromatic carbocycles. The monoisotopic (exact) mass is 368 g/mol. The molecule has 1 heterocycles. The van der Waals surface area contributed by atoms with Crippen molar-refractivity contribution in [1.29, 1.82) is 0 Å². The van der Waals surface area contributed by atoms with E-state index in [0.29, 0.717) is 12.5 Å². The average Bonchev–Trinajstić information content (AvgIpc) is 2.77. The molecule has 0 unspecified atom stereocenters. The van der Waals surface area contributed by atoms with E-state index in [1.807, 2.05) is 6.08 Å². The molecule has 0 aliphatic carbocycles. The van der Waals surface area contributed by atoms with E-state index in [1.165, 1.54) is 5.56 Å². The van der Waals surface area contributed by atoms with Crippen molar-refractivity contribution in [2.75, 3.05) is 0 Å². The summed E-state index contributed by atoms with van der Waals surface area (Å²) >= 11 is 0. The van der Waals surface area contributed by atoms with Gasteiger partial charge in [-0.25, -0.2) is 0 Å². The largest absolute Gasteiger partial charge is 0.346 e. The van der Waals surface area contributed by atoms with Crippen LogP contribution in [0.2, 0.25) is 0 Å². The zero-order valence-corrected chi connectivity index (χ0v) is 18.4. The van der Waals surface area contributed by atoms with Crippen molar-refractivity contribution >= 4 is 16.8 Å². The van der Waals surface area contributed by atoms with Crippen molar-refractivity contribution in [3.63, 3.8) is 0 Å². The SMILES string of the molecule is C=CCn1c(C(=O)NC(C)(C)CC(C)(C)C)c(C)c2cc(C(C)C)ccc21. The van der Waals surface area contributed by atoms with Crippen LogP contribution in [0.4, 0.5) is 0 Å². The molecule has 0 aliphatic rings. The van der Waals surface area contributed by atoms with Crippen molar-refractivity contribution in [3.8, 4) is 0 Å². The number of rotatable bonds is 6. The Morgan fingerprint density at radius 3 is 2.37 bits per heavy atom. The van der Waals surface area contributed by atoms with E-state index < -0.39 is 0 Å². The van der Waals surface area contributed by atoms with E-state index in [4.69, 9.17) is 0 Å². The second-order valence-corrected chi connectivity index (χ2v) is 9.88. The fourth-order valence-electron chi connectivity index (χ4n) is 4.25. The minimum atomic E-state index is -0.277. The summed E-state index contributed by atoms with van der Waals surface area (Å²) in [6.45, 7) is 21.8. The summed E-state index contributed by atoms with van der Waals surface area (Å²) in [6.07, 6.45) is 2.76. The Hall–Kier alpha value is -2.03. The number of hydrogen-bond donors (Lipinski definition) is 1. The van der Waals surface area contributed by atoms with Crippen molar-refractivity contribution in [3.05, 3.63) is 47.7 Å². The molecular formula is C24H36N2O. The lowest BCUT2D eigenvalue weighted by Crippen LogP contribution is -2.46. The third-order valence-electron chi connectivity index (χ3n) is 4.96. The van der Waals surface area contributed by atoms with E-state index in [9.17, 15) is 4.79 Å². The third-order valence-corrected chi connectivity index (χ3v) is 4.96. The average molecular weight is 369 g/mol. The standard InChI is InChI=1S/C24H36N2O/c1-10-13-26-20-12-11-18(16(2)3)14-19(20)17(4)21(26)22(27)25-24(8,9)15-23(5,6)7/h10-12,14,16H,1,13,15H2,2-9H3,(H,25,27). The zero-order chi connectivity index (χ0) is 20.6. The number of aromatic nitrogens is 1. The van der Waals surface area contributed by atoms with Gasteiger partial charge in [0, 0.05) is 23.0 Å². The lowest BCUT2D eigenvalue weighted by molar-refractivity contribution is 0.0882. The molecule has 27 heavy (non-hydrogen) atoms. The fraction of sp³-hybridized carbons (Fsp3) is 0.542. The van der Waals surface area contributed by atoms with Gasteiger partial charge in [-0.1, -0.05) is 46.8 Å². The van der Waals surface area contributed by atoms with Gasteiger partial charge >= 0.3 is 0 Å². The molecular weight excluding hydrogens is 332 g/mol. The van der Waals surface area contributed by atoms with Crippen LogP contribution < -0.4 is 5.32 Å². The lowest BCUT2D eigenvalue weighted by Gasteiger charge is -2.33. The molecule has 0 atom stereocenters. The van der Waals surface area contributed by atoms with Gasteiger partial charge in [0.05, 0.1) is 0 Å². The Balaban J connectivity index is 2.52. The van der Waals surface area contributed by atoms with Crippen LogP contribution in [0.15, 0.2) is 30.9 Å². The maximum atomic E-state index is 13.3. The third kappa shape index (κ3) is 4.82. The minimum Gasteiger partial charge on any atom is -0.346 e. The number of carbonyl (C=O) groups is 1. The number of allylic oxidation sites excluding steroid dienone is 1. The van der Waals surface area contributed by atoms with Crippen LogP contribution in [0.25, 0.3) is 10.9 Å². The van der Waals surface area contributed by atoms with Gasteiger partial charge in [-0.05, 0) is 61.8 Å². The number of amides is 1. The molecule has 0 radical (unpaired) electrons. The number of carbonyl (C=O) groups excluding carboxylic acids is 1. The normalized spacial score (nSPS) is 12.6. The van der Waals surface area contributed by atoms with Crippen molar-refractivity contribution < 1.29 is 4.79 Å². The Bertz CT molecular complexity index is 847. The summed E-state index contributed by atoms with van der Waals surface area (Å²) in [5, 5.41) is 4.43. The molecule has 3 heteroatoms. The summed E-state index contributed by atoms with van der Waals surface area (Å²) < 4.78 is 2.09. The predicted molar refractivity (Wildman–Crippen MR) is 117 cm³/mol. The summed E-state index contributed by atoms with van der Waals surface area (Å²) in [4.78, 5) is 13.3. The predicted octanol–water partition coefficient (Wildman–Crippen LogP) is 6.20. The number of aryl methyl sites for hydroxylation is 1. The second-order valence-electron chi connectivity index (χ2n) is 9.88. The first kappa shape index (κ1) is 21.3. The Morgan fingerprint density at radius 1 is 1.22 bits per heavy atom. The second kappa shape index (κ2) is 7.53. The van der Waals surface area contributed by atoms with Crippen LogP contribution in [-0.2, 0) is 6.54 Å². The fourth-order valence-corrected chi connectivity index (χ4v) is 4.25. The first-order chi connectivity index (χ1) is 12.4. The van der Waals surface area contributed by atoms with Crippen LogP contribution in [-0.4, -0.2) is 16.0 Å². The van der Waals surface area contributed by atoms with Gasteiger partial charge in [0.15, 0.2) is 0 Å². The maximum absolute atomic E-state index is 13.3. The first-order valence-electron chi connectivity index (χ1n) is 9.92. The van der Waals surface area contributed by atoms with E-state index in [0.717, 1.165) is 28.6 Å². The Kier molecular flexibility index (Phi) is 5.94. The molecule has 148 valence electrons. The van der Waals surface area contributed by atoms with E-state index in [2.05, 4.69) is 90.1 Å². The van der Waals surface area contributed by atoms with Gasteiger partial charge in [0.2, 0.25) is 0 Å². The van der Waals surface area contributed by atoms with Gasteiger partial charge in [-0.2, -0.15) is 0 Å². The molecule has 0 saturated carbocycles. The zero-order valence-electron chi connectivity index (χ0n) is 18.4. The molecule has 0 fully saturated rings. The molecule has 1 aromatic heterocycles. The summed E-state index contributed by atoms with van der Waals surface area (Å²) in [5.74, 6) is 0.449. The molecule has 2 aromatic rings. The molecule has 2 rings (SSSR count). The quantitative estimate of drug-likeness (QED) is 0.605. The molecule has 0 spiro atoms. The molecule has 3 nitrogen and oxygen atoms in total. The number of benzene rings is 1. The maximum Gasteiger partial charge on any atom is 0.268 e. The van der Waals surface area contributed by atoms with Crippen molar-refractivity contribution in [2.24, 2.45) is 5.41 Å². The highest BCUT2D eigenvalue weighted by Gasteiger charge is 2.29. The van der Waals surface area contributed by atoms with E-state index >= 15 is 0 Å². The van der Waals surface area contributed by atoms with Gasteiger partial charge in [-0.15, -0.1) is 6.58 Å². The van der Waals surface area contributed by atoms with Crippen molar-refractivity contribution in [2.45, 2.75) is 79.8 Å². The highest BCUT2D eigenvalue weighted by molar-refractivity contribution is 6.02. The van der Waals surface area contributed by atoms with E-state index in [-0.39, 0.29) is 16.9 Å². The highest BCUT2D eigenvalue weighted by Crippen LogP contribution is 2.31. The first-order valence-corrected chi connectivity index (χ1v) is 9.92. The minimum absolute atomic E-state index is 0.00843. The van der Waals surface area contributed by atoms with Crippen molar-refractivity contribution in [1.82, 2.24) is 9.88 Å².